The van der Waals surface area contributed by atoms with Crippen molar-refractivity contribution in [1.82, 2.24) is 10.6 Å². The van der Waals surface area contributed by atoms with Crippen LogP contribution in [0.3, 0.4) is 0 Å². The topological polar surface area (TPSA) is 87.7 Å². The van der Waals surface area contributed by atoms with Crippen LogP contribution in [0.1, 0.15) is 25.5 Å². The Labute approximate surface area is 118 Å². The number of aliphatic carboxylic acids is 1. The molecule has 0 aliphatic rings. The SMILES string of the molecule is COc1cccc(C(NCC(C)NC(C)=O)C(=O)O)c1. The maximum Gasteiger partial charge on any atom is 0.325 e. The first-order chi connectivity index (χ1) is 9.43. The zero-order valence-electron chi connectivity index (χ0n) is 11.8. The van der Waals surface area contributed by atoms with Gasteiger partial charge in [-0.15, -0.1) is 0 Å². The predicted octanol–water partition coefficient (Wildman–Crippen LogP) is 0.935. The second-order valence-corrected chi connectivity index (χ2v) is 4.56. The Morgan fingerprint density at radius 3 is 2.65 bits per heavy atom. The van der Waals surface area contributed by atoms with Crippen LogP contribution in [0.5, 0.6) is 5.75 Å². The van der Waals surface area contributed by atoms with Crippen molar-refractivity contribution >= 4 is 11.9 Å². The van der Waals surface area contributed by atoms with Crippen molar-refractivity contribution in [2.24, 2.45) is 0 Å². The van der Waals surface area contributed by atoms with Crippen molar-refractivity contribution in [3.63, 3.8) is 0 Å². The number of hydrogen-bond donors (Lipinski definition) is 3. The summed E-state index contributed by atoms with van der Waals surface area (Å²) in [4.78, 5) is 22.3. The normalized spacial score (nSPS) is 13.3. The predicted molar refractivity (Wildman–Crippen MR) is 74.7 cm³/mol. The van der Waals surface area contributed by atoms with Crippen LogP contribution in [0.2, 0.25) is 0 Å². The van der Waals surface area contributed by atoms with Gasteiger partial charge in [-0.25, -0.2) is 0 Å². The summed E-state index contributed by atoms with van der Waals surface area (Å²) in [7, 11) is 1.53. The van der Waals surface area contributed by atoms with Crippen molar-refractivity contribution in [2.75, 3.05) is 13.7 Å². The molecule has 2 atom stereocenters. The van der Waals surface area contributed by atoms with Gasteiger partial charge < -0.3 is 15.2 Å². The molecule has 2 unspecified atom stereocenters. The molecule has 20 heavy (non-hydrogen) atoms. The van der Waals surface area contributed by atoms with Crippen molar-refractivity contribution < 1.29 is 19.4 Å². The fourth-order valence-electron chi connectivity index (χ4n) is 1.86. The van der Waals surface area contributed by atoms with Crippen molar-refractivity contribution in [1.29, 1.82) is 0 Å². The van der Waals surface area contributed by atoms with Gasteiger partial charge in [0.2, 0.25) is 5.91 Å². The number of benzene rings is 1. The van der Waals surface area contributed by atoms with E-state index < -0.39 is 12.0 Å². The summed E-state index contributed by atoms with van der Waals surface area (Å²) in [6.07, 6.45) is 0. The molecule has 1 aromatic carbocycles. The quantitative estimate of drug-likeness (QED) is 0.691. The maximum absolute atomic E-state index is 11.3. The third-order valence-corrected chi connectivity index (χ3v) is 2.75. The lowest BCUT2D eigenvalue weighted by Gasteiger charge is -2.19. The first kappa shape index (κ1) is 16.0. The number of rotatable bonds is 7. The van der Waals surface area contributed by atoms with Crippen LogP contribution in [0.4, 0.5) is 0 Å². The van der Waals surface area contributed by atoms with E-state index in [9.17, 15) is 14.7 Å². The lowest BCUT2D eigenvalue weighted by atomic mass is 10.1. The van der Waals surface area contributed by atoms with Gasteiger partial charge in [0.1, 0.15) is 11.8 Å². The van der Waals surface area contributed by atoms with Gasteiger partial charge >= 0.3 is 5.97 Å². The molecule has 0 saturated heterocycles. The molecule has 0 spiro atoms. The summed E-state index contributed by atoms with van der Waals surface area (Å²) in [5, 5.41) is 14.9. The van der Waals surface area contributed by atoms with Crippen LogP contribution < -0.4 is 15.4 Å². The molecule has 1 amide bonds. The van der Waals surface area contributed by atoms with Crippen LogP contribution in [0.25, 0.3) is 0 Å². The number of carboxylic acids is 1. The molecule has 110 valence electrons. The number of hydrogen-bond acceptors (Lipinski definition) is 4. The second-order valence-electron chi connectivity index (χ2n) is 4.56. The van der Waals surface area contributed by atoms with Gasteiger partial charge in [-0.3, -0.25) is 14.9 Å². The van der Waals surface area contributed by atoms with Crippen LogP contribution in [-0.2, 0) is 9.59 Å². The molecule has 0 fully saturated rings. The zero-order valence-corrected chi connectivity index (χ0v) is 11.8. The lowest BCUT2D eigenvalue weighted by Crippen LogP contribution is -2.41. The Kier molecular flexibility index (Phi) is 5.99. The Bertz CT molecular complexity index is 476. The molecule has 0 radical (unpaired) electrons. The molecule has 0 aliphatic heterocycles. The maximum atomic E-state index is 11.3. The van der Waals surface area contributed by atoms with E-state index in [4.69, 9.17) is 4.74 Å². The van der Waals surface area contributed by atoms with Crippen molar-refractivity contribution in [2.45, 2.75) is 25.9 Å². The molecular weight excluding hydrogens is 260 g/mol. The van der Waals surface area contributed by atoms with E-state index in [-0.39, 0.29) is 11.9 Å². The first-order valence-electron chi connectivity index (χ1n) is 6.31. The molecule has 0 bridgehead atoms. The molecule has 1 rings (SSSR count). The average Bonchev–Trinajstić information content (AvgIpc) is 2.38. The van der Waals surface area contributed by atoms with Gasteiger partial charge in [0.15, 0.2) is 0 Å². The highest BCUT2D eigenvalue weighted by atomic mass is 16.5. The highest BCUT2D eigenvalue weighted by Gasteiger charge is 2.20. The summed E-state index contributed by atoms with van der Waals surface area (Å²) >= 11 is 0. The third kappa shape index (κ3) is 4.89. The first-order valence-corrected chi connectivity index (χ1v) is 6.31. The third-order valence-electron chi connectivity index (χ3n) is 2.75. The number of amides is 1. The number of ether oxygens (including phenoxy) is 1. The molecule has 3 N–H and O–H groups in total. The molecular formula is C14H20N2O4. The summed E-state index contributed by atoms with van der Waals surface area (Å²) in [5.74, 6) is -0.522. The number of carbonyl (C=O) groups excluding carboxylic acids is 1. The number of nitrogens with one attached hydrogen (secondary N) is 2. The van der Waals surface area contributed by atoms with E-state index in [1.165, 1.54) is 14.0 Å². The van der Waals surface area contributed by atoms with Gasteiger partial charge in [-0.2, -0.15) is 0 Å². The molecule has 0 heterocycles. The van der Waals surface area contributed by atoms with Gasteiger partial charge in [-0.05, 0) is 24.6 Å². The standard InChI is InChI=1S/C14H20N2O4/c1-9(16-10(2)17)8-15-13(14(18)19)11-5-4-6-12(7-11)20-3/h4-7,9,13,15H,8H2,1-3H3,(H,16,17)(H,18,19). The molecule has 6 heteroatoms. The molecule has 0 aliphatic carbocycles. The zero-order chi connectivity index (χ0) is 15.1. The lowest BCUT2D eigenvalue weighted by molar-refractivity contribution is -0.139. The summed E-state index contributed by atoms with van der Waals surface area (Å²) in [6.45, 7) is 3.58. The van der Waals surface area contributed by atoms with Gasteiger partial charge in [0.05, 0.1) is 7.11 Å². The summed E-state index contributed by atoms with van der Waals surface area (Å²) in [5.41, 5.74) is 0.604. The van der Waals surface area contributed by atoms with E-state index in [0.717, 1.165) is 0 Å². The number of carboxylic acid groups (broad SMARTS) is 1. The minimum Gasteiger partial charge on any atom is -0.497 e. The van der Waals surface area contributed by atoms with Crippen molar-refractivity contribution in [3.05, 3.63) is 29.8 Å². The van der Waals surface area contributed by atoms with E-state index >= 15 is 0 Å². The summed E-state index contributed by atoms with van der Waals surface area (Å²) in [6, 6.07) is 5.89. The Morgan fingerprint density at radius 2 is 2.10 bits per heavy atom. The monoisotopic (exact) mass is 280 g/mol. The number of carbonyl (C=O) groups is 2. The van der Waals surface area contributed by atoms with E-state index in [2.05, 4.69) is 10.6 Å². The smallest absolute Gasteiger partial charge is 0.325 e. The highest BCUT2D eigenvalue weighted by Crippen LogP contribution is 2.19. The Hall–Kier alpha value is -2.08. The molecule has 6 nitrogen and oxygen atoms in total. The Morgan fingerprint density at radius 1 is 1.40 bits per heavy atom. The Balaban J connectivity index is 2.74. The molecule has 0 aromatic heterocycles. The van der Waals surface area contributed by atoms with Crippen LogP contribution in [0, 0.1) is 0 Å². The van der Waals surface area contributed by atoms with Crippen molar-refractivity contribution in [3.8, 4) is 5.75 Å². The van der Waals surface area contributed by atoms with E-state index in [0.29, 0.717) is 17.9 Å². The van der Waals surface area contributed by atoms with Crippen LogP contribution >= 0.6 is 0 Å². The van der Waals surface area contributed by atoms with E-state index in [1.807, 2.05) is 0 Å². The fourth-order valence-corrected chi connectivity index (χ4v) is 1.86. The van der Waals surface area contributed by atoms with Gasteiger partial charge in [-0.1, -0.05) is 12.1 Å². The summed E-state index contributed by atoms with van der Waals surface area (Å²) < 4.78 is 5.09. The molecule has 1 aromatic rings. The molecule has 0 saturated carbocycles. The minimum atomic E-state index is -0.978. The number of methoxy groups -OCH3 is 1. The van der Waals surface area contributed by atoms with E-state index in [1.54, 1.807) is 31.2 Å². The largest absolute Gasteiger partial charge is 0.497 e. The fraction of sp³-hybridized carbons (Fsp3) is 0.429. The van der Waals surface area contributed by atoms with Gasteiger partial charge in [0.25, 0.3) is 0 Å². The van der Waals surface area contributed by atoms with Gasteiger partial charge in [0, 0.05) is 19.5 Å². The minimum absolute atomic E-state index is 0.146. The highest BCUT2D eigenvalue weighted by molar-refractivity contribution is 5.76. The van der Waals surface area contributed by atoms with Crippen LogP contribution in [0.15, 0.2) is 24.3 Å². The van der Waals surface area contributed by atoms with Crippen LogP contribution in [-0.4, -0.2) is 36.7 Å². The average molecular weight is 280 g/mol. The second kappa shape index (κ2) is 7.49.